The van der Waals surface area contributed by atoms with E-state index in [9.17, 15) is 25.0 Å². The summed E-state index contributed by atoms with van der Waals surface area (Å²) in [5.41, 5.74) is 2.21. The molecule has 0 amide bonds. The van der Waals surface area contributed by atoms with Crippen molar-refractivity contribution in [2.24, 2.45) is 0 Å². The fourth-order valence-electron chi connectivity index (χ4n) is 3.57. The third kappa shape index (κ3) is 3.64. The molecular formula is C19H18N2O6. The number of hydrogen-bond acceptors (Lipinski definition) is 6. The van der Waals surface area contributed by atoms with Crippen LogP contribution in [0.5, 0.6) is 0 Å². The molecule has 1 unspecified atom stereocenters. The maximum Gasteiger partial charge on any atom is 0.338 e. The molecule has 0 spiro atoms. The third-order valence-electron chi connectivity index (χ3n) is 4.77. The number of ether oxygens (including phenoxy) is 1. The van der Waals surface area contributed by atoms with Gasteiger partial charge in [0.15, 0.2) is 0 Å². The second-order valence-electron chi connectivity index (χ2n) is 6.33. The zero-order valence-corrected chi connectivity index (χ0v) is 14.7. The van der Waals surface area contributed by atoms with Gasteiger partial charge < -0.3 is 4.74 Å². The van der Waals surface area contributed by atoms with Crippen LogP contribution >= 0.6 is 0 Å². The first-order valence-corrected chi connectivity index (χ1v) is 8.65. The predicted octanol–water partition coefficient (Wildman–Crippen LogP) is 4.15. The fourth-order valence-corrected chi connectivity index (χ4v) is 3.57. The smallest absolute Gasteiger partial charge is 0.338 e. The summed E-state index contributed by atoms with van der Waals surface area (Å²) in [5.74, 6) is -0.765. The van der Waals surface area contributed by atoms with E-state index < -0.39 is 15.8 Å². The lowest BCUT2D eigenvalue weighted by molar-refractivity contribution is -0.385. The summed E-state index contributed by atoms with van der Waals surface area (Å²) in [6, 6.07) is 9.11. The number of nitro groups is 2. The number of carbonyl (C=O) groups excluding carboxylic acids is 1. The highest BCUT2D eigenvalue weighted by Gasteiger charge is 2.30. The summed E-state index contributed by atoms with van der Waals surface area (Å²) in [7, 11) is 0. The number of rotatable bonds is 5. The minimum atomic E-state index is -0.601. The van der Waals surface area contributed by atoms with Gasteiger partial charge in [-0.15, -0.1) is 0 Å². The lowest BCUT2D eigenvalue weighted by atomic mass is 9.77. The number of nitrogens with zero attached hydrogens (tertiary/aromatic N) is 2. The Morgan fingerprint density at radius 3 is 2.44 bits per heavy atom. The monoisotopic (exact) mass is 370 g/mol. The molecule has 0 saturated carbocycles. The number of esters is 1. The second kappa shape index (κ2) is 7.53. The van der Waals surface area contributed by atoms with Crippen molar-refractivity contribution in [2.45, 2.75) is 32.1 Å². The van der Waals surface area contributed by atoms with Gasteiger partial charge in [-0.05, 0) is 43.4 Å². The molecule has 0 bridgehead atoms. The van der Waals surface area contributed by atoms with Crippen molar-refractivity contribution in [2.75, 3.05) is 6.61 Å². The van der Waals surface area contributed by atoms with Gasteiger partial charge in [-0.25, -0.2) is 4.79 Å². The van der Waals surface area contributed by atoms with Crippen LogP contribution in [0.3, 0.4) is 0 Å². The van der Waals surface area contributed by atoms with Crippen LogP contribution in [0.4, 0.5) is 11.4 Å². The van der Waals surface area contributed by atoms with Crippen molar-refractivity contribution < 1.29 is 19.4 Å². The molecule has 0 heterocycles. The molecule has 1 atom stereocenters. The van der Waals surface area contributed by atoms with E-state index in [1.54, 1.807) is 25.1 Å². The number of carbonyl (C=O) groups is 1. The Balaban J connectivity index is 2.10. The first kappa shape index (κ1) is 18.5. The molecule has 0 radical (unpaired) electrons. The fraction of sp³-hybridized carbons (Fsp3) is 0.316. The van der Waals surface area contributed by atoms with Crippen LogP contribution in [0.1, 0.15) is 52.7 Å². The summed E-state index contributed by atoms with van der Waals surface area (Å²) < 4.78 is 5.00. The first-order chi connectivity index (χ1) is 12.9. The van der Waals surface area contributed by atoms with Crippen LogP contribution in [-0.2, 0) is 11.2 Å². The third-order valence-corrected chi connectivity index (χ3v) is 4.77. The average Bonchev–Trinajstić information content (AvgIpc) is 2.66. The highest BCUT2D eigenvalue weighted by molar-refractivity contribution is 5.91. The van der Waals surface area contributed by atoms with E-state index in [0.29, 0.717) is 17.5 Å². The van der Waals surface area contributed by atoms with Gasteiger partial charge in [-0.2, -0.15) is 0 Å². The van der Waals surface area contributed by atoms with Crippen LogP contribution < -0.4 is 0 Å². The number of fused-ring (bicyclic) bond motifs is 1. The van der Waals surface area contributed by atoms with E-state index in [1.807, 2.05) is 0 Å². The summed E-state index contributed by atoms with van der Waals surface area (Å²) >= 11 is 0. The standard InChI is InChI=1S/C19H18N2O6/c1-2-27-19(22)13-10-17-15(12-6-8-14(9-7-12)20(23)24)4-3-5-16(17)18(11-13)21(25)26/h6-11,15H,2-5H2,1H3. The molecule has 0 aliphatic heterocycles. The van der Waals surface area contributed by atoms with Gasteiger partial charge in [0, 0.05) is 29.7 Å². The highest BCUT2D eigenvalue weighted by Crippen LogP contribution is 2.41. The molecule has 2 aromatic rings. The SMILES string of the molecule is CCOC(=O)c1cc2c(c([N+](=O)[O-])c1)CCCC2c1ccc([N+](=O)[O-])cc1. The maximum atomic E-state index is 12.1. The molecule has 0 aromatic heterocycles. The Morgan fingerprint density at radius 2 is 1.85 bits per heavy atom. The van der Waals surface area contributed by atoms with Crippen LogP contribution in [0.15, 0.2) is 36.4 Å². The topological polar surface area (TPSA) is 113 Å². The van der Waals surface area contributed by atoms with Crippen molar-refractivity contribution in [3.63, 3.8) is 0 Å². The largest absolute Gasteiger partial charge is 0.462 e. The Kier molecular flexibility index (Phi) is 5.16. The number of hydrogen-bond donors (Lipinski definition) is 0. The van der Waals surface area contributed by atoms with Crippen molar-refractivity contribution in [3.8, 4) is 0 Å². The minimum absolute atomic E-state index is 0.0129. The lowest BCUT2D eigenvalue weighted by Crippen LogP contribution is -2.16. The minimum Gasteiger partial charge on any atom is -0.462 e. The maximum absolute atomic E-state index is 12.1. The Labute approximate surface area is 155 Å². The van der Waals surface area contributed by atoms with Crippen molar-refractivity contribution >= 4 is 17.3 Å². The number of non-ortho nitro benzene ring substituents is 1. The van der Waals surface area contributed by atoms with Gasteiger partial charge in [-0.3, -0.25) is 20.2 Å². The quantitative estimate of drug-likeness (QED) is 0.444. The highest BCUT2D eigenvalue weighted by atomic mass is 16.6. The van der Waals surface area contributed by atoms with Gasteiger partial charge in [0.05, 0.1) is 22.0 Å². The molecule has 8 nitrogen and oxygen atoms in total. The van der Waals surface area contributed by atoms with E-state index >= 15 is 0 Å². The molecular weight excluding hydrogens is 352 g/mol. The number of nitro benzene ring substituents is 2. The molecule has 3 rings (SSSR count). The van der Waals surface area contributed by atoms with Gasteiger partial charge >= 0.3 is 5.97 Å². The molecule has 8 heteroatoms. The van der Waals surface area contributed by atoms with Crippen molar-refractivity contribution in [1.82, 2.24) is 0 Å². The molecule has 1 aliphatic rings. The zero-order valence-electron chi connectivity index (χ0n) is 14.7. The molecule has 0 N–H and O–H groups in total. The zero-order chi connectivity index (χ0) is 19.6. The van der Waals surface area contributed by atoms with E-state index in [2.05, 4.69) is 0 Å². The molecule has 2 aromatic carbocycles. The van der Waals surface area contributed by atoms with E-state index in [0.717, 1.165) is 18.4 Å². The van der Waals surface area contributed by atoms with Crippen molar-refractivity contribution in [3.05, 3.63) is 78.9 Å². The molecule has 27 heavy (non-hydrogen) atoms. The first-order valence-electron chi connectivity index (χ1n) is 8.65. The van der Waals surface area contributed by atoms with Crippen LogP contribution in [0, 0.1) is 20.2 Å². The van der Waals surface area contributed by atoms with Crippen LogP contribution in [-0.4, -0.2) is 22.4 Å². The predicted molar refractivity (Wildman–Crippen MR) is 96.9 cm³/mol. The Hall–Kier alpha value is -3.29. The van der Waals surface area contributed by atoms with E-state index in [4.69, 9.17) is 4.74 Å². The van der Waals surface area contributed by atoms with Gasteiger partial charge in [0.25, 0.3) is 11.4 Å². The molecule has 140 valence electrons. The second-order valence-corrected chi connectivity index (χ2v) is 6.33. The van der Waals surface area contributed by atoms with Crippen LogP contribution in [0.25, 0.3) is 0 Å². The normalized spacial score (nSPS) is 15.7. The molecule has 0 fully saturated rings. The Bertz CT molecular complexity index is 907. The van der Waals surface area contributed by atoms with Crippen molar-refractivity contribution in [1.29, 1.82) is 0 Å². The van der Waals surface area contributed by atoms with Gasteiger partial charge in [0.2, 0.25) is 0 Å². The summed E-state index contributed by atoms with van der Waals surface area (Å²) in [5, 5.41) is 22.4. The molecule has 0 saturated heterocycles. The van der Waals surface area contributed by atoms with Crippen LogP contribution in [0.2, 0.25) is 0 Å². The van der Waals surface area contributed by atoms with E-state index in [-0.39, 0.29) is 29.5 Å². The summed E-state index contributed by atoms with van der Waals surface area (Å²) in [6.07, 6.45) is 2.06. The van der Waals surface area contributed by atoms with Gasteiger partial charge in [-0.1, -0.05) is 12.1 Å². The summed E-state index contributed by atoms with van der Waals surface area (Å²) in [4.78, 5) is 33.6. The molecule has 1 aliphatic carbocycles. The van der Waals surface area contributed by atoms with E-state index in [1.165, 1.54) is 18.2 Å². The average molecular weight is 370 g/mol. The summed E-state index contributed by atoms with van der Waals surface area (Å²) in [6.45, 7) is 1.85. The lowest BCUT2D eigenvalue weighted by Gasteiger charge is -2.26. The van der Waals surface area contributed by atoms with Gasteiger partial charge in [0.1, 0.15) is 0 Å². The Morgan fingerprint density at radius 1 is 1.15 bits per heavy atom. The number of benzene rings is 2.